The van der Waals surface area contributed by atoms with Crippen molar-refractivity contribution < 1.29 is 27.5 Å². The number of halogens is 4. The van der Waals surface area contributed by atoms with Crippen molar-refractivity contribution in [3.8, 4) is 0 Å². The van der Waals surface area contributed by atoms with Gasteiger partial charge in [0.05, 0.1) is 36.1 Å². The van der Waals surface area contributed by atoms with Crippen LogP contribution in [0.3, 0.4) is 0 Å². The zero-order chi connectivity index (χ0) is 28.5. The molecule has 40 heavy (non-hydrogen) atoms. The van der Waals surface area contributed by atoms with Crippen molar-refractivity contribution in [3.63, 3.8) is 0 Å². The lowest BCUT2D eigenvalue weighted by Gasteiger charge is -2.11. The minimum absolute atomic E-state index is 0.0747. The summed E-state index contributed by atoms with van der Waals surface area (Å²) in [5.74, 6) is -0.0166. The van der Waals surface area contributed by atoms with E-state index in [9.17, 15) is 27.5 Å². The first kappa shape index (κ1) is 28.6. The fourth-order valence-electron chi connectivity index (χ4n) is 3.60. The van der Waals surface area contributed by atoms with Crippen LogP contribution in [-0.2, 0) is 36.9 Å². The fourth-order valence-corrected chi connectivity index (χ4v) is 3.60. The van der Waals surface area contributed by atoms with E-state index in [4.69, 9.17) is 0 Å². The van der Waals surface area contributed by atoms with Crippen molar-refractivity contribution in [2.45, 2.75) is 50.9 Å². The maximum Gasteiger partial charge on any atom is 0.416 e. The number of nitrogens with zero attached hydrogens (tertiary/aromatic N) is 7. The molecule has 0 spiro atoms. The standard InChI is InChI=1S/C25H25F4N9O2/c26-17(4-5-18-6-7-22(36-34-18)33-23(39)12-19-3-1-2-9-30-19)14-38-15-21(35-37-38)24(40)32-13-20-11-16(8-10-31-20)25(27,28)29/h1-3,6-11,15,17,24,32,40H,4-5,12-14H2,(H,33,36,39). The van der Waals surface area contributed by atoms with Crippen molar-refractivity contribution >= 4 is 11.7 Å². The maximum atomic E-state index is 14.6. The van der Waals surface area contributed by atoms with Crippen LogP contribution >= 0.6 is 0 Å². The molecule has 11 nitrogen and oxygen atoms in total. The van der Waals surface area contributed by atoms with Crippen LogP contribution in [0.25, 0.3) is 0 Å². The number of carbonyl (C=O) groups excluding carboxylic acids is 1. The SMILES string of the molecule is O=C(Cc1ccccn1)Nc1ccc(CCC(F)Cn2cc(C(O)NCc3cc(C(F)(F)F)ccn3)nn2)nn1. The summed E-state index contributed by atoms with van der Waals surface area (Å²) in [5.41, 5.74) is 0.460. The lowest BCUT2D eigenvalue weighted by atomic mass is 10.1. The minimum Gasteiger partial charge on any atom is -0.373 e. The number of pyridine rings is 2. The highest BCUT2D eigenvalue weighted by molar-refractivity contribution is 5.91. The average molecular weight is 560 g/mol. The van der Waals surface area contributed by atoms with Gasteiger partial charge >= 0.3 is 6.18 Å². The van der Waals surface area contributed by atoms with E-state index in [1.54, 1.807) is 36.5 Å². The smallest absolute Gasteiger partial charge is 0.373 e. The Labute approximate surface area is 225 Å². The van der Waals surface area contributed by atoms with Gasteiger partial charge in [-0.15, -0.1) is 10.2 Å². The van der Waals surface area contributed by atoms with Gasteiger partial charge in [0.2, 0.25) is 5.91 Å². The molecule has 15 heteroatoms. The summed E-state index contributed by atoms with van der Waals surface area (Å²) in [6, 6.07) is 10.2. The molecule has 3 N–H and O–H groups in total. The van der Waals surface area contributed by atoms with Crippen LogP contribution in [0.2, 0.25) is 0 Å². The number of aromatic nitrogens is 7. The predicted molar refractivity (Wildman–Crippen MR) is 133 cm³/mol. The first-order valence-corrected chi connectivity index (χ1v) is 12.2. The normalized spacial score (nSPS) is 13.1. The summed E-state index contributed by atoms with van der Waals surface area (Å²) in [6.07, 6.45) is -2.70. The average Bonchev–Trinajstić information content (AvgIpc) is 3.40. The van der Waals surface area contributed by atoms with Gasteiger partial charge in [-0.3, -0.25) is 20.1 Å². The summed E-state index contributed by atoms with van der Waals surface area (Å²) in [6.45, 7) is -0.290. The largest absolute Gasteiger partial charge is 0.416 e. The highest BCUT2D eigenvalue weighted by Gasteiger charge is 2.30. The Kier molecular flexibility index (Phi) is 9.39. The number of hydrogen-bond acceptors (Lipinski definition) is 9. The van der Waals surface area contributed by atoms with Gasteiger partial charge in [0.1, 0.15) is 11.9 Å². The zero-order valence-electron chi connectivity index (χ0n) is 21.0. The highest BCUT2D eigenvalue weighted by Crippen LogP contribution is 2.29. The summed E-state index contributed by atoms with van der Waals surface area (Å²) in [4.78, 5) is 20.0. The second-order valence-electron chi connectivity index (χ2n) is 8.77. The monoisotopic (exact) mass is 559 g/mol. The van der Waals surface area contributed by atoms with E-state index in [1.807, 2.05) is 0 Å². The van der Waals surface area contributed by atoms with Crippen LogP contribution in [0.1, 0.15) is 41.0 Å². The number of rotatable bonds is 12. The summed E-state index contributed by atoms with van der Waals surface area (Å²) >= 11 is 0. The number of aliphatic hydroxyl groups excluding tert-OH is 1. The maximum absolute atomic E-state index is 14.6. The van der Waals surface area contributed by atoms with Crippen LogP contribution in [0.15, 0.2) is 61.1 Å². The Hall–Kier alpha value is -4.37. The van der Waals surface area contributed by atoms with Gasteiger partial charge in [-0.25, -0.2) is 9.07 Å². The van der Waals surface area contributed by atoms with E-state index in [0.717, 1.165) is 18.3 Å². The number of amides is 1. The Bertz CT molecular complexity index is 1390. The third-order valence-electron chi connectivity index (χ3n) is 5.61. The molecule has 4 aromatic rings. The van der Waals surface area contributed by atoms with Gasteiger partial charge in [-0.1, -0.05) is 11.3 Å². The van der Waals surface area contributed by atoms with E-state index < -0.39 is 24.1 Å². The van der Waals surface area contributed by atoms with Crippen molar-refractivity contribution in [1.29, 1.82) is 0 Å². The quantitative estimate of drug-likeness (QED) is 0.176. The fraction of sp³-hybridized carbons (Fsp3) is 0.320. The molecule has 0 saturated heterocycles. The third-order valence-corrected chi connectivity index (χ3v) is 5.61. The minimum atomic E-state index is -4.50. The third kappa shape index (κ3) is 8.57. The number of carbonyl (C=O) groups is 1. The summed E-state index contributed by atoms with van der Waals surface area (Å²) in [5, 5.41) is 31.0. The Balaban J connectivity index is 1.20. The first-order chi connectivity index (χ1) is 19.2. The molecule has 0 aliphatic heterocycles. The second-order valence-corrected chi connectivity index (χ2v) is 8.77. The molecule has 4 rings (SSSR count). The van der Waals surface area contributed by atoms with Crippen molar-refractivity contribution in [1.82, 2.24) is 40.5 Å². The van der Waals surface area contributed by atoms with Crippen LogP contribution in [0.5, 0.6) is 0 Å². The molecule has 0 aromatic carbocycles. The van der Waals surface area contributed by atoms with E-state index in [0.29, 0.717) is 11.4 Å². The molecule has 1 amide bonds. The van der Waals surface area contributed by atoms with E-state index in [1.165, 1.54) is 10.9 Å². The van der Waals surface area contributed by atoms with Crippen molar-refractivity contribution in [2.24, 2.45) is 0 Å². The van der Waals surface area contributed by atoms with Crippen LogP contribution < -0.4 is 10.6 Å². The number of aryl methyl sites for hydroxylation is 1. The molecule has 0 saturated carbocycles. The molecule has 0 aliphatic carbocycles. The highest BCUT2D eigenvalue weighted by atomic mass is 19.4. The van der Waals surface area contributed by atoms with Gasteiger partial charge in [0.25, 0.3) is 0 Å². The van der Waals surface area contributed by atoms with E-state index >= 15 is 0 Å². The molecule has 2 atom stereocenters. The molecular weight excluding hydrogens is 534 g/mol. The molecular formula is C25H25F4N9O2. The van der Waals surface area contributed by atoms with E-state index in [2.05, 4.69) is 41.1 Å². The van der Waals surface area contributed by atoms with E-state index in [-0.39, 0.29) is 55.5 Å². The molecule has 0 bridgehead atoms. The van der Waals surface area contributed by atoms with Gasteiger partial charge in [0.15, 0.2) is 12.0 Å². The number of hydrogen-bond donors (Lipinski definition) is 3. The molecule has 4 aromatic heterocycles. The Morgan fingerprint density at radius 3 is 2.55 bits per heavy atom. The van der Waals surface area contributed by atoms with Crippen LogP contribution in [0.4, 0.5) is 23.4 Å². The molecule has 210 valence electrons. The van der Waals surface area contributed by atoms with Crippen molar-refractivity contribution in [3.05, 3.63) is 89.4 Å². The number of alkyl halides is 4. The Morgan fingerprint density at radius 1 is 1.00 bits per heavy atom. The predicted octanol–water partition coefficient (Wildman–Crippen LogP) is 2.81. The molecule has 2 unspecified atom stereocenters. The van der Waals surface area contributed by atoms with Crippen molar-refractivity contribution in [2.75, 3.05) is 5.32 Å². The van der Waals surface area contributed by atoms with Gasteiger partial charge < -0.3 is 10.4 Å². The lowest BCUT2D eigenvalue weighted by molar-refractivity contribution is -0.137. The molecule has 0 radical (unpaired) electrons. The molecule has 4 heterocycles. The van der Waals surface area contributed by atoms with Gasteiger partial charge in [-0.05, 0) is 49.2 Å². The first-order valence-electron chi connectivity index (χ1n) is 12.2. The zero-order valence-corrected chi connectivity index (χ0v) is 21.0. The second kappa shape index (κ2) is 13.1. The lowest BCUT2D eigenvalue weighted by Crippen LogP contribution is -2.21. The molecule has 0 fully saturated rings. The summed E-state index contributed by atoms with van der Waals surface area (Å²) < 4.78 is 54.3. The number of aliphatic hydroxyl groups is 1. The Morgan fingerprint density at radius 2 is 1.82 bits per heavy atom. The summed E-state index contributed by atoms with van der Waals surface area (Å²) in [7, 11) is 0. The topological polar surface area (TPSA) is 144 Å². The van der Waals surface area contributed by atoms with Crippen LogP contribution in [0, 0.1) is 0 Å². The number of anilines is 1. The van der Waals surface area contributed by atoms with Gasteiger partial charge in [-0.2, -0.15) is 18.3 Å². The van der Waals surface area contributed by atoms with Crippen LogP contribution in [-0.4, -0.2) is 52.3 Å². The van der Waals surface area contributed by atoms with Gasteiger partial charge in [0, 0.05) is 24.6 Å². The number of nitrogens with one attached hydrogen (secondary N) is 2. The molecule has 0 aliphatic rings.